The van der Waals surface area contributed by atoms with E-state index in [1.54, 1.807) is 11.3 Å². The first-order chi connectivity index (χ1) is 13.8. The van der Waals surface area contributed by atoms with Crippen LogP contribution in [0.25, 0.3) is 0 Å². The number of aliphatic hydroxyl groups is 1. The zero-order valence-electron chi connectivity index (χ0n) is 16.7. The first-order valence-electron chi connectivity index (χ1n) is 9.25. The van der Waals surface area contributed by atoms with Crippen LogP contribution in [-0.2, 0) is 19.1 Å². The maximum Gasteiger partial charge on any atom is 0.416 e. The standard InChI is InChI=1S/C19H25F3N4O2S.HI/c1-3-16-10-24-17(29-16)11-26-18(23-4-2)25-9-14(27)12-28-15-7-5-13(6-8-15)19(20,21)22;/h5-8,10,14,27H,3-4,9,11-12H2,1-2H3,(H2,23,25,26);1H. The van der Waals surface area contributed by atoms with E-state index in [-0.39, 0.29) is 42.9 Å². The molecule has 2 rings (SSSR count). The summed E-state index contributed by atoms with van der Waals surface area (Å²) < 4.78 is 43.0. The van der Waals surface area contributed by atoms with E-state index in [4.69, 9.17) is 4.74 Å². The second kappa shape index (κ2) is 13.0. The zero-order valence-corrected chi connectivity index (χ0v) is 19.8. The van der Waals surface area contributed by atoms with Gasteiger partial charge in [0.25, 0.3) is 0 Å². The Kier molecular flexibility index (Phi) is 11.4. The average Bonchev–Trinajstić information content (AvgIpc) is 3.16. The molecule has 0 aliphatic rings. The van der Waals surface area contributed by atoms with Gasteiger partial charge in [-0.05, 0) is 37.6 Å². The van der Waals surface area contributed by atoms with Crippen molar-refractivity contribution >= 4 is 41.3 Å². The van der Waals surface area contributed by atoms with Crippen LogP contribution < -0.4 is 15.4 Å². The van der Waals surface area contributed by atoms with Gasteiger partial charge in [0.15, 0.2) is 5.96 Å². The maximum atomic E-state index is 12.6. The number of aromatic nitrogens is 1. The molecule has 168 valence electrons. The van der Waals surface area contributed by atoms with Crippen molar-refractivity contribution in [2.45, 2.75) is 39.1 Å². The summed E-state index contributed by atoms with van der Waals surface area (Å²) in [6, 6.07) is 4.34. The van der Waals surface area contributed by atoms with Gasteiger partial charge in [-0.15, -0.1) is 35.3 Å². The van der Waals surface area contributed by atoms with Crippen LogP contribution >= 0.6 is 35.3 Å². The van der Waals surface area contributed by atoms with Crippen molar-refractivity contribution in [2.75, 3.05) is 19.7 Å². The van der Waals surface area contributed by atoms with Gasteiger partial charge in [0.2, 0.25) is 0 Å². The number of aliphatic hydroxyl groups excluding tert-OH is 1. The number of ether oxygens (including phenoxy) is 1. The molecule has 3 N–H and O–H groups in total. The largest absolute Gasteiger partial charge is 0.491 e. The monoisotopic (exact) mass is 558 g/mol. The average molecular weight is 558 g/mol. The molecule has 6 nitrogen and oxygen atoms in total. The molecule has 0 aliphatic heterocycles. The summed E-state index contributed by atoms with van der Waals surface area (Å²) in [5.74, 6) is 0.794. The van der Waals surface area contributed by atoms with Crippen LogP contribution in [0.4, 0.5) is 13.2 Å². The Morgan fingerprint density at radius 2 is 1.93 bits per heavy atom. The SMILES string of the molecule is CCNC(=NCc1ncc(CC)s1)NCC(O)COc1ccc(C(F)(F)F)cc1.I. The lowest BCUT2D eigenvalue weighted by Crippen LogP contribution is -2.42. The van der Waals surface area contributed by atoms with Crippen molar-refractivity contribution in [3.63, 3.8) is 0 Å². The van der Waals surface area contributed by atoms with E-state index in [0.29, 0.717) is 19.0 Å². The summed E-state index contributed by atoms with van der Waals surface area (Å²) in [6.07, 6.45) is -2.48. The molecule has 0 amide bonds. The van der Waals surface area contributed by atoms with Crippen LogP contribution in [-0.4, -0.2) is 41.9 Å². The lowest BCUT2D eigenvalue weighted by molar-refractivity contribution is -0.137. The van der Waals surface area contributed by atoms with Gasteiger partial charge in [0.1, 0.15) is 23.5 Å². The molecule has 0 spiro atoms. The van der Waals surface area contributed by atoms with Crippen molar-refractivity contribution in [2.24, 2.45) is 4.99 Å². The van der Waals surface area contributed by atoms with E-state index in [0.717, 1.165) is 23.6 Å². The molecule has 0 saturated heterocycles. The van der Waals surface area contributed by atoms with Crippen LogP contribution in [0.15, 0.2) is 35.5 Å². The topological polar surface area (TPSA) is 78.8 Å². The van der Waals surface area contributed by atoms with Gasteiger partial charge < -0.3 is 20.5 Å². The van der Waals surface area contributed by atoms with Crippen molar-refractivity contribution < 1.29 is 23.0 Å². The number of hydrogen-bond acceptors (Lipinski definition) is 5. The molecule has 0 aliphatic carbocycles. The number of aliphatic imine (C=N–C) groups is 1. The number of rotatable bonds is 9. The molecule has 1 atom stereocenters. The normalized spacial score (nSPS) is 12.8. The van der Waals surface area contributed by atoms with Crippen LogP contribution in [0.1, 0.15) is 29.3 Å². The number of hydrogen-bond donors (Lipinski definition) is 3. The number of benzene rings is 1. The van der Waals surface area contributed by atoms with E-state index < -0.39 is 17.8 Å². The Morgan fingerprint density at radius 1 is 1.23 bits per heavy atom. The predicted octanol–water partition coefficient (Wildman–Crippen LogP) is 3.84. The quantitative estimate of drug-likeness (QED) is 0.248. The molecule has 1 aromatic heterocycles. The van der Waals surface area contributed by atoms with E-state index in [2.05, 4.69) is 27.5 Å². The van der Waals surface area contributed by atoms with Gasteiger partial charge >= 0.3 is 6.18 Å². The second-order valence-electron chi connectivity index (χ2n) is 6.14. The first-order valence-corrected chi connectivity index (χ1v) is 10.1. The molecule has 0 saturated carbocycles. The molecule has 30 heavy (non-hydrogen) atoms. The lowest BCUT2D eigenvalue weighted by atomic mass is 10.2. The Labute approximate surface area is 195 Å². The molecule has 1 heterocycles. The van der Waals surface area contributed by atoms with Gasteiger partial charge in [0, 0.05) is 24.2 Å². The van der Waals surface area contributed by atoms with Crippen molar-refractivity contribution in [3.05, 3.63) is 45.9 Å². The number of thiazole rings is 1. The van der Waals surface area contributed by atoms with Gasteiger partial charge in [0.05, 0.1) is 12.1 Å². The lowest BCUT2D eigenvalue weighted by Gasteiger charge is -2.16. The highest BCUT2D eigenvalue weighted by molar-refractivity contribution is 14.0. The Bertz CT molecular complexity index is 785. The van der Waals surface area contributed by atoms with Gasteiger partial charge in [-0.2, -0.15) is 13.2 Å². The minimum Gasteiger partial charge on any atom is -0.491 e. The highest BCUT2D eigenvalue weighted by atomic mass is 127. The number of aryl methyl sites for hydroxylation is 1. The fourth-order valence-corrected chi connectivity index (χ4v) is 3.07. The predicted molar refractivity (Wildman–Crippen MR) is 123 cm³/mol. The van der Waals surface area contributed by atoms with Crippen molar-refractivity contribution in [3.8, 4) is 5.75 Å². The number of alkyl halides is 3. The number of guanidine groups is 1. The molecule has 0 fully saturated rings. The Hall–Kier alpha value is -1.60. The highest BCUT2D eigenvalue weighted by Gasteiger charge is 2.30. The molecule has 11 heteroatoms. The third kappa shape index (κ3) is 9.04. The van der Waals surface area contributed by atoms with Crippen LogP contribution in [0, 0.1) is 0 Å². The molecule has 0 radical (unpaired) electrons. The third-order valence-electron chi connectivity index (χ3n) is 3.80. The number of halogens is 4. The second-order valence-corrected chi connectivity index (χ2v) is 7.34. The van der Waals surface area contributed by atoms with Gasteiger partial charge in [-0.3, -0.25) is 0 Å². The minimum atomic E-state index is -4.39. The maximum absolute atomic E-state index is 12.6. The summed E-state index contributed by atoms with van der Waals surface area (Å²) in [7, 11) is 0. The van der Waals surface area contributed by atoms with Crippen LogP contribution in [0.3, 0.4) is 0 Å². The summed E-state index contributed by atoms with van der Waals surface area (Å²) >= 11 is 1.61. The molecule has 1 unspecified atom stereocenters. The first kappa shape index (κ1) is 26.4. The van der Waals surface area contributed by atoms with Crippen molar-refractivity contribution in [1.29, 1.82) is 0 Å². The summed E-state index contributed by atoms with van der Waals surface area (Å²) in [5.41, 5.74) is -0.746. The van der Waals surface area contributed by atoms with E-state index in [1.807, 2.05) is 13.1 Å². The van der Waals surface area contributed by atoms with Gasteiger partial charge in [-0.25, -0.2) is 9.98 Å². The third-order valence-corrected chi connectivity index (χ3v) is 4.92. The number of nitrogens with zero attached hydrogens (tertiary/aromatic N) is 2. The fraction of sp³-hybridized carbons (Fsp3) is 0.474. The zero-order chi connectivity index (χ0) is 21.3. The van der Waals surface area contributed by atoms with Gasteiger partial charge in [-0.1, -0.05) is 6.92 Å². The number of nitrogens with one attached hydrogen (secondary N) is 2. The van der Waals surface area contributed by atoms with E-state index in [9.17, 15) is 18.3 Å². The molecular weight excluding hydrogens is 532 g/mol. The Morgan fingerprint density at radius 3 is 2.50 bits per heavy atom. The summed E-state index contributed by atoms with van der Waals surface area (Å²) in [4.78, 5) is 9.95. The van der Waals surface area contributed by atoms with Crippen LogP contribution in [0.2, 0.25) is 0 Å². The molecule has 2 aromatic rings. The van der Waals surface area contributed by atoms with Crippen molar-refractivity contribution in [1.82, 2.24) is 15.6 Å². The summed E-state index contributed by atoms with van der Waals surface area (Å²) in [5, 5.41) is 17.1. The smallest absolute Gasteiger partial charge is 0.416 e. The van der Waals surface area contributed by atoms with Crippen LogP contribution in [0.5, 0.6) is 5.75 Å². The van der Waals surface area contributed by atoms with E-state index >= 15 is 0 Å². The Balaban J connectivity index is 0.00000450. The van der Waals surface area contributed by atoms with E-state index in [1.165, 1.54) is 17.0 Å². The highest BCUT2D eigenvalue weighted by Crippen LogP contribution is 2.30. The molecular formula is C19H26F3IN4O2S. The summed E-state index contributed by atoms with van der Waals surface area (Å²) in [6.45, 7) is 5.19. The fourth-order valence-electron chi connectivity index (χ4n) is 2.28. The molecule has 0 bridgehead atoms. The minimum absolute atomic E-state index is 0. The molecule has 1 aromatic carbocycles.